The molecule has 0 aromatic heterocycles. The molecule has 0 radical (unpaired) electrons. The Bertz CT molecular complexity index is 887. The highest BCUT2D eigenvalue weighted by atomic mass is 35.5. The second-order valence-electron chi connectivity index (χ2n) is 8.84. The average molecular weight is 470 g/mol. The summed E-state index contributed by atoms with van der Waals surface area (Å²) in [6, 6.07) is 7.81. The lowest BCUT2D eigenvalue weighted by atomic mass is 10.2. The van der Waals surface area contributed by atoms with Gasteiger partial charge in [-0.2, -0.15) is 0 Å². The molecule has 0 aliphatic heterocycles. The molecule has 2 N–H and O–H groups in total. The first-order valence-corrected chi connectivity index (χ1v) is 13.5. The van der Waals surface area contributed by atoms with Gasteiger partial charge in [0.1, 0.15) is 18.2 Å². The maximum atomic E-state index is 14.2. The molecule has 0 aliphatic carbocycles. The number of hydrogen-bond acceptors (Lipinski definition) is 5. The van der Waals surface area contributed by atoms with Gasteiger partial charge >= 0.3 is 0 Å². The van der Waals surface area contributed by atoms with Crippen molar-refractivity contribution in [2.45, 2.75) is 51.9 Å². The van der Waals surface area contributed by atoms with Crippen LogP contribution in [-0.2, 0) is 11.0 Å². The van der Waals surface area contributed by atoms with E-state index < -0.39 is 14.1 Å². The summed E-state index contributed by atoms with van der Waals surface area (Å²) in [4.78, 5) is 0. The molecule has 31 heavy (non-hydrogen) atoms. The van der Waals surface area contributed by atoms with E-state index in [-0.39, 0.29) is 11.6 Å². The topological polar surface area (TPSA) is 62.9 Å². The van der Waals surface area contributed by atoms with Gasteiger partial charge in [-0.15, -0.1) is 0 Å². The van der Waals surface area contributed by atoms with Crippen molar-refractivity contribution >= 4 is 25.6 Å². The molecule has 0 heterocycles. The summed E-state index contributed by atoms with van der Waals surface area (Å²) in [6.07, 6.45) is 0.717. The number of benzene rings is 2. The molecule has 0 saturated heterocycles. The van der Waals surface area contributed by atoms with Gasteiger partial charge in [-0.3, -0.25) is 0 Å². The first-order chi connectivity index (χ1) is 14.5. The maximum Gasteiger partial charge on any atom is 0.191 e. The Labute approximate surface area is 190 Å². The van der Waals surface area contributed by atoms with Gasteiger partial charge in [-0.05, 0) is 30.3 Å². The molecule has 2 aromatic rings. The molecule has 8 heteroatoms. The molecule has 0 amide bonds. The van der Waals surface area contributed by atoms with Gasteiger partial charge in [0, 0.05) is 25.2 Å². The van der Waals surface area contributed by atoms with Gasteiger partial charge in [-0.1, -0.05) is 38.4 Å². The lowest BCUT2D eigenvalue weighted by Crippen LogP contribution is -2.41. The van der Waals surface area contributed by atoms with E-state index in [0.29, 0.717) is 46.7 Å². The van der Waals surface area contributed by atoms with Crippen LogP contribution in [0.5, 0.6) is 17.2 Å². The van der Waals surface area contributed by atoms with E-state index in [2.05, 4.69) is 33.9 Å². The van der Waals surface area contributed by atoms with E-state index in [1.54, 1.807) is 24.3 Å². The predicted octanol–water partition coefficient (Wildman–Crippen LogP) is 6.44. The average Bonchev–Trinajstić information content (AvgIpc) is 2.68. The molecule has 5 nitrogen and oxygen atoms in total. The Morgan fingerprint density at radius 2 is 1.71 bits per heavy atom. The van der Waals surface area contributed by atoms with Crippen molar-refractivity contribution in [2.75, 3.05) is 26.1 Å². The van der Waals surface area contributed by atoms with E-state index >= 15 is 0 Å². The summed E-state index contributed by atoms with van der Waals surface area (Å²) in [5.74, 6) is 0.832. The van der Waals surface area contributed by atoms with Crippen molar-refractivity contribution in [1.82, 2.24) is 0 Å². The highest BCUT2D eigenvalue weighted by Crippen LogP contribution is 2.37. The number of nitrogen functional groups attached to an aromatic ring is 1. The number of methoxy groups -OCH3 is 1. The fourth-order valence-corrected chi connectivity index (χ4v) is 3.82. The standard InChI is InChI=1S/C23H33ClFNO4Si/c1-23(2,3)31(5,6)30-12-8-11-28-21-13-17(24)19(26)14-22(21)29-15-16-18(25)9-7-10-20(16)27-4/h7,9-10,13-14H,8,11-12,15,26H2,1-6H3. The number of rotatable bonds is 10. The van der Waals surface area contributed by atoms with Crippen LogP contribution in [-0.4, -0.2) is 28.6 Å². The van der Waals surface area contributed by atoms with Gasteiger partial charge in [0.15, 0.2) is 19.8 Å². The molecular weight excluding hydrogens is 437 g/mol. The molecule has 0 unspecified atom stereocenters. The van der Waals surface area contributed by atoms with Crippen LogP contribution in [0.3, 0.4) is 0 Å². The third kappa shape index (κ3) is 6.76. The minimum Gasteiger partial charge on any atom is -0.496 e. The Morgan fingerprint density at radius 3 is 2.35 bits per heavy atom. The number of nitrogens with two attached hydrogens (primary N) is 1. The first kappa shape index (κ1) is 25.3. The van der Waals surface area contributed by atoms with Crippen LogP contribution in [0, 0.1) is 5.82 Å². The molecule has 0 spiro atoms. The quantitative estimate of drug-likeness (QED) is 0.246. The van der Waals surface area contributed by atoms with Gasteiger partial charge in [0.05, 0.1) is 30.0 Å². The molecule has 0 atom stereocenters. The predicted molar refractivity (Wildman–Crippen MR) is 126 cm³/mol. The Kier molecular flexibility index (Phi) is 8.62. The molecule has 0 fully saturated rings. The Hall–Kier alpha value is -1.96. The fraction of sp³-hybridized carbons (Fsp3) is 0.478. The van der Waals surface area contributed by atoms with Crippen LogP contribution in [0.25, 0.3) is 0 Å². The van der Waals surface area contributed by atoms with Crippen molar-refractivity contribution in [1.29, 1.82) is 0 Å². The molecule has 2 aromatic carbocycles. The Balaban J connectivity index is 2.02. The summed E-state index contributed by atoms with van der Waals surface area (Å²) in [6.45, 7) is 12.1. The van der Waals surface area contributed by atoms with Crippen molar-refractivity contribution in [3.63, 3.8) is 0 Å². The van der Waals surface area contributed by atoms with Crippen molar-refractivity contribution in [3.8, 4) is 17.2 Å². The molecule has 0 aliphatic rings. The molecule has 0 bridgehead atoms. The van der Waals surface area contributed by atoms with Gasteiger partial charge < -0.3 is 24.4 Å². The van der Waals surface area contributed by atoms with E-state index in [9.17, 15) is 4.39 Å². The van der Waals surface area contributed by atoms with E-state index in [1.807, 2.05) is 0 Å². The van der Waals surface area contributed by atoms with Gasteiger partial charge in [-0.25, -0.2) is 4.39 Å². The monoisotopic (exact) mass is 469 g/mol. The minimum absolute atomic E-state index is 0.0399. The molecule has 0 saturated carbocycles. The summed E-state index contributed by atoms with van der Waals surface area (Å²) < 4.78 is 37.3. The second-order valence-corrected chi connectivity index (χ2v) is 14.1. The van der Waals surface area contributed by atoms with Crippen molar-refractivity contribution < 1.29 is 23.0 Å². The second kappa shape index (κ2) is 10.6. The molecule has 172 valence electrons. The van der Waals surface area contributed by atoms with Crippen LogP contribution in [0.1, 0.15) is 32.8 Å². The number of halogens is 2. The van der Waals surface area contributed by atoms with Crippen molar-refractivity contribution in [3.05, 3.63) is 46.7 Å². The smallest absolute Gasteiger partial charge is 0.191 e. The highest BCUT2D eigenvalue weighted by Gasteiger charge is 2.36. The SMILES string of the molecule is COc1cccc(F)c1COc1cc(N)c(Cl)cc1OCCCO[Si](C)(C)C(C)(C)C. The van der Waals surface area contributed by atoms with Crippen molar-refractivity contribution in [2.24, 2.45) is 0 Å². The summed E-state index contributed by atoms with van der Waals surface area (Å²) in [5.41, 5.74) is 6.59. The Morgan fingerprint density at radius 1 is 1.03 bits per heavy atom. The van der Waals surface area contributed by atoms with Crippen LogP contribution in [0.4, 0.5) is 10.1 Å². The third-order valence-electron chi connectivity index (χ3n) is 5.55. The van der Waals surface area contributed by atoms with Crippen LogP contribution in [0.2, 0.25) is 23.2 Å². The van der Waals surface area contributed by atoms with Crippen LogP contribution in [0.15, 0.2) is 30.3 Å². The highest BCUT2D eigenvalue weighted by molar-refractivity contribution is 6.74. The minimum atomic E-state index is -1.79. The van der Waals surface area contributed by atoms with Crippen LogP contribution < -0.4 is 19.9 Å². The number of ether oxygens (including phenoxy) is 3. The summed E-state index contributed by atoms with van der Waals surface area (Å²) >= 11 is 6.17. The summed E-state index contributed by atoms with van der Waals surface area (Å²) in [7, 11) is -0.306. The van der Waals surface area contributed by atoms with Gasteiger partial charge in [0.25, 0.3) is 0 Å². The lowest BCUT2D eigenvalue weighted by Gasteiger charge is -2.36. The molecule has 2 rings (SSSR count). The lowest BCUT2D eigenvalue weighted by molar-refractivity contribution is 0.221. The van der Waals surface area contributed by atoms with E-state index in [0.717, 1.165) is 6.42 Å². The normalized spacial score (nSPS) is 12.0. The number of anilines is 1. The molecular formula is C23H33ClFNO4Si. The van der Waals surface area contributed by atoms with Crippen LogP contribution >= 0.6 is 11.6 Å². The maximum absolute atomic E-state index is 14.2. The largest absolute Gasteiger partial charge is 0.496 e. The third-order valence-corrected chi connectivity index (χ3v) is 10.4. The first-order valence-electron chi connectivity index (χ1n) is 10.3. The zero-order valence-electron chi connectivity index (χ0n) is 19.2. The zero-order chi connectivity index (χ0) is 23.2. The van der Waals surface area contributed by atoms with Gasteiger partial charge in [0.2, 0.25) is 0 Å². The summed E-state index contributed by atoms with van der Waals surface area (Å²) in [5, 5.41) is 0.524. The zero-order valence-corrected chi connectivity index (χ0v) is 20.9. The van der Waals surface area contributed by atoms with E-state index in [1.165, 1.54) is 13.2 Å². The fourth-order valence-electron chi connectivity index (χ4n) is 2.58. The number of hydrogen-bond donors (Lipinski definition) is 1. The van der Waals surface area contributed by atoms with E-state index in [4.69, 9.17) is 36.0 Å².